The molecule has 3 N–H and O–H groups in total. The van der Waals surface area contributed by atoms with Crippen LogP contribution in [0, 0.1) is 45.9 Å². The molecule has 1 saturated carbocycles. The molecule has 1 aliphatic carbocycles. The summed E-state index contributed by atoms with van der Waals surface area (Å²) in [6, 6.07) is 29.9. The zero-order valence-corrected chi connectivity index (χ0v) is 40.6. The van der Waals surface area contributed by atoms with Gasteiger partial charge in [-0.15, -0.1) is 11.6 Å². The molecule has 0 atom stereocenters. The van der Waals surface area contributed by atoms with Gasteiger partial charge in [-0.3, -0.25) is 19.6 Å². The van der Waals surface area contributed by atoms with E-state index in [-0.39, 0.29) is 24.7 Å². The summed E-state index contributed by atoms with van der Waals surface area (Å²) in [5.74, 6) is -0.863. The van der Waals surface area contributed by atoms with E-state index in [1.54, 1.807) is 24.3 Å². The third-order valence-electron chi connectivity index (χ3n) is 10.6. The third-order valence-corrected chi connectivity index (χ3v) is 12.9. The number of carboxylic acid groups (broad SMARTS) is 1. The van der Waals surface area contributed by atoms with Crippen LogP contribution in [0.2, 0.25) is 25.1 Å². The standard InChI is InChI=1S/C13H16ClNO2.C10H11ClO2.C9H8ClN.C9H9ClO2.C8H8Cl2/c1-9-10(5-4-6-11(9)14)13(12(16)15-17)7-2-3-8-13;1-7-8(6-10(12)13-2)4-3-5-9(7)11;1-7-8(5-6-11)3-2-4-9(7)10;1-6-7(5-9(11)12)3-2-4-8(6)10;1-6-7(5-9)3-2-4-8(6)10/h4-6,17H,2-3,7-8H2,1H3,(H,15,16);3-5H,6H2,1-2H3;2-4H,5H2,1H3;2-4H,5H2,1H3,(H,11,12);2-4H,5H2,1H3. The lowest BCUT2D eigenvalue weighted by Crippen LogP contribution is -2.41. The number of nitrogens with zero attached hydrogens (tertiary/aromatic N) is 1. The summed E-state index contributed by atoms with van der Waals surface area (Å²) < 4.78 is 4.57. The number of rotatable bonds is 8. The maximum absolute atomic E-state index is 12.0. The van der Waals surface area contributed by atoms with Gasteiger partial charge in [0.25, 0.3) is 5.91 Å². The molecule has 0 saturated heterocycles. The number of ether oxygens (including phenoxy) is 1. The van der Waals surface area contributed by atoms with Crippen molar-refractivity contribution in [3.8, 4) is 6.07 Å². The second kappa shape index (κ2) is 27.8. The van der Waals surface area contributed by atoms with Gasteiger partial charge in [0, 0.05) is 31.0 Å². The minimum absolute atomic E-state index is 0.0341. The molecule has 0 radical (unpaired) electrons. The fraction of sp³-hybridized carbons (Fsp3) is 0.306. The summed E-state index contributed by atoms with van der Waals surface area (Å²) in [5.41, 5.74) is 10.8. The van der Waals surface area contributed by atoms with Crippen LogP contribution in [0.5, 0.6) is 0 Å². The van der Waals surface area contributed by atoms with Gasteiger partial charge in [-0.2, -0.15) is 5.26 Å². The highest BCUT2D eigenvalue weighted by Crippen LogP contribution is 2.43. The van der Waals surface area contributed by atoms with Gasteiger partial charge in [0.2, 0.25) is 0 Å². The average molecular weight is 978 g/mol. The Kier molecular flexibility index (Phi) is 24.2. The largest absolute Gasteiger partial charge is 0.481 e. The number of nitriles is 1. The van der Waals surface area contributed by atoms with Crippen molar-refractivity contribution >= 4 is 87.5 Å². The smallest absolute Gasteiger partial charge is 0.309 e. The van der Waals surface area contributed by atoms with E-state index in [0.29, 0.717) is 27.4 Å². The van der Waals surface area contributed by atoms with E-state index in [9.17, 15) is 14.4 Å². The van der Waals surface area contributed by atoms with Crippen molar-refractivity contribution < 1.29 is 29.4 Å². The van der Waals surface area contributed by atoms with Crippen molar-refractivity contribution in [1.82, 2.24) is 5.48 Å². The highest BCUT2D eigenvalue weighted by molar-refractivity contribution is 6.32. The summed E-state index contributed by atoms with van der Waals surface area (Å²) in [6.07, 6.45) is 4.28. The minimum atomic E-state index is -0.833. The number of hydrogen-bond donors (Lipinski definition) is 3. The van der Waals surface area contributed by atoms with E-state index >= 15 is 0 Å². The van der Waals surface area contributed by atoms with Gasteiger partial charge in [-0.25, -0.2) is 5.48 Å². The number of methoxy groups -OCH3 is 1. The molecule has 63 heavy (non-hydrogen) atoms. The lowest BCUT2D eigenvalue weighted by Gasteiger charge is -2.28. The third kappa shape index (κ3) is 16.6. The summed E-state index contributed by atoms with van der Waals surface area (Å²) in [7, 11) is 1.38. The molecular formula is C49H52Cl6N2O6. The molecule has 0 heterocycles. The molecule has 8 nitrogen and oxygen atoms in total. The van der Waals surface area contributed by atoms with Crippen molar-refractivity contribution in [2.75, 3.05) is 7.11 Å². The molecule has 14 heteroatoms. The van der Waals surface area contributed by atoms with Crippen molar-refractivity contribution in [3.05, 3.63) is 172 Å². The Morgan fingerprint density at radius 3 is 1.41 bits per heavy atom. The summed E-state index contributed by atoms with van der Waals surface area (Å²) in [5, 5.41) is 29.4. The van der Waals surface area contributed by atoms with Crippen LogP contribution in [0.25, 0.3) is 0 Å². The van der Waals surface area contributed by atoms with Crippen molar-refractivity contribution in [3.63, 3.8) is 0 Å². The highest BCUT2D eigenvalue weighted by Gasteiger charge is 2.43. The Hall–Kier alpha value is -4.30. The molecule has 1 aliphatic rings. The number of carbonyl (C=O) groups excluding carboxylic acids is 2. The molecule has 1 fully saturated rings. The maximum atomic E-state index is 12.0. The molecule has 0 bridgehead atoms. The van der Waals surface area contributed by atoms with Crippen LogP contribution in [0.3, 0.4) is 0 Å². The van der Waals surface area contributed by atoms with E-state index < -0.39 is 11.4 Å². The molecule has 0 aliphatic heterocycles. The first-order valence-electron chi connectivity index (χ1n) is 19.8. The molecule has 5 aromatic carbocycles. The lowest BCUT2D eigenvalue weighted by atomic mass is 9.76. The minimum Gasteiger partial charge on any atom is -0.481 e. The second-order valence-electron chi connectivity index (χ2n) is 14.5. The summed E-state index contributed by atoms with van der Waals surface area (Å²) >= 11 is 35.1. The van der Waals surface area contributed by atoms with Crippen LogP contribution in [0.4, 0.5) is 0 Å². The Balaban J connectivity index is 0.000000275. The number of hydroxylamine groups is 1. The summed E-state index contributed by atoms with van der Waals surface area (Å²) in [6.45, 7) is 9.53. The normalized spacial score (nSPS) is 11.9. The van der Waals surface area contributed by atoms with Gasteiger partial charge in [0.15, 0.2) is 0 Å². The van der Waals surface area contributed by atoms with Crippen LogP contribution in [0.1, 0.15) is 81.3 Å². The molecule has 6 rings (SSSR count). The molecule has 336 valence electrons. The molecular weight excluding hydrogens is 925 g/mol. The predicted octanol–water partition coefficient (Wildman–Crippen LogP) is 13.7. The van der Waals surface area contributed by atoms with Gasteiger partial charge in [0.05, 0.1) is 37.9 Å². The quantitative estimate of drug-likeness (QED) is 0.0609. The fourth-order valence-corrected chi connectivity index (χ4v) is 7.87. The highest BCUT2D eigenvalue weighted by atomic mass is 35.5. The number of nitrogens with one attached hydrogen (secondary N) is 1. The molecule has 0 unspecified atom stereocenters. The number of alkyl halides is 1. The monoisotopic (exact) mass is 974 g/mol. The van der Waals surface area contributed by atoms with Gasteiger partial charge in [-0.05, 0) is 133 Å². The van der Waals surface area contributed by atoms with Gasteiger partial charge < -0.3 is 9.84 Å². The topological polar surface area (TPSA) is 137 Å². The van der Waals surface area contributed by atoms with Crippen LogP contribution < -0.4 is 5.48 Å². The molecule has 0 aromatic heterocycles. The van der Waals surface area contributed by atoms with Crippen molar-refractivity contribution in [2.45, 2.75) is 90.9 Å². The number of carbonyl (C=O) groups is 3. The van der Waals surface area contributed by atoms with E-state index in [1.165, 1.54) is 7.11 Å². The number of carboxylic acids is 1. The van der Waals surface area contributed by atoms with E-state index in [2.05, 4.69) is 10.8 Å². The number of hydrogen-bond acceptors (Lipinski definition) is 6. The first kappa shape index (κ1) is 54.8. The summed E-state index contributed by atoms with van der Waals surface area (Å²) in [4.78, 5) is 33.4. The lowest BCUT2D eigenvalue weighted by molar-refractivity contribution is -0.140. The van der Waals surface area contributed by atoms with E-state index in [1.807, 2.05) is 107 Å². The number of halogens is 6. The fourth-order valence-electron chi connectivity index (χ4n) is 6.63. The number of amides is 1. The first-order valence-corrected chi connectivity index (χ1v) is 22.2. The Labute approximate surface area is 401 Å². The molecule has 0 spiro atoms. The first-order chi connectivity index (χ1) is 29.9. The Morgan fingerprint density at radius 1 is 0.635 bits per heavy atom. The zero-order chi connectivity index (χ0) is 47.3. The predicted molar refractivity (Wildman–Crippen MR) is 257 cm³/mol. The SMILES string of the molecule is COC(=O)Cc1cccc(Cl)c1C.Cc1c(Cl)cccc1C1(C(=O)NO)CCCC1.Cc1c(Cl)cccc1CC#N.Cc1c(Cl)cccc1CC(=O)O.Cc1c(Cl)cccc1CCl. The van der Waals surface area contributed by atoms with Crippen molar-refractivity contribution in [2.24, 2.45) is 0 Å². The van der Waals surface area contributed by atoms with Crippen LogP contribution in [0.15, 0.2) is 91.0 Å². The zero-order valence-electron chi connectivity index (χ0n) is 36.1. The van der Waals surface area contributed by atoms with Crippen LogP contribution in [-0.4, -0.2) is 35.3 Å². The number of esters is 1. The van der Waals surface area contributed by atoms with Gasteiger partial charge in [-0.1, -0.05) is 132 Å². The molecule has 5 aromatic rings. The Bertz CT molecular complexity index is 2360. The van der Waals surface area contributed by atoms with Crippen LogP contribution in [-0.2, 0) is 49.7 Å². The van der Waals surface area contributed by atoms with Gasteiger partial charge in [0.1, 0.15) is 0 Å². The Morgan fingerprint density at radius 2 is 1.02 bits per heavy atom. The average Bonchev–Trinajstić information content (AvgIpc) is 3.77. The second-order valence-corrected chi connectivity index (χ2v) is 16.8. The van der Waals surface area contributed by atoms with E-state index in [4.69, 9.17) is 85.2 Å². The number of aliphatic carboxylic acids is 1. The number of benzene rings is 5. The van der Waals surface area contributed by atoms with E-state index in [0.717, 1.165) is 91.4 Å². The molecule has 1 amide bonds. The maximum Gasteiger partial charge on any atom is 0.309 e. The van der Waals surface area contributed by atoms with Crippen LogP contribution >= 0.6 is 69.6 Å². The van der Waals surface area contributed by atoms with Gasteiger partial charge >= 0.3 is 11.9 Å². The van der Waals surface area contributed by atoms with Crippen molar-refractivity contribution in [1.29, 1.82) is 5.26 Å².